The Morgan fingerprint density at radius 3 is 2.65 bits per heavy atom. The van der Waals surface area contributed by atoms with Crippen LogP contribution in [-0.2, 0) is 6.18 Å². The quantitative estimate of drug-likeness (QED) is 0.787. The number of aliphatic hydroxyl groups is 1. The van der Waals surface area contributed by atoms with Gasteiger partial charge in [-0.2, -0.15) is 13.2 Å². The van der Waals surface area contributed by atoms with E-state index in [4.69, 9.17) is 11.6 Å². The molecule has 0 amide bonds. The topological polar surface area (TPSA) is 49.2 Å². The highest BCUT2D eigenvalue weighted by Gasteiger charge is 2.36. The van der Waals surface area contributed by atoms with E-state index >= 15 is 0 Å². The predicted molar refractivity (Wildman–Crippen MR) is 54.9 cm³/mol. The summed E-state index contributed by atoms with van der Waals surface area (Å²) >= 11 is 5.53. The number of β-amino-alcohol motifs (C(OH)–C–C–N with tert-alkyl or cyclic N) is 1. The zero-order chi connectivity index (χ0) is 12.6. The number of aromatic nitrogens is 2. The molecule has 0 saturated carbocycles. The van der Waals surface area contributed by atoms with Gasteiger partial charge < -0.3 is 10.0 Å². The van der Waals surface area contributed by atoms with Crippen LogP contribution in [0.1, 0.15) is 12.2 Å². The van der Waals surface area contributed by atoms with Gasteiger partial charge in [0.05, 0.1) is 6.10 Å². The van der Waals surface area contributed by atoms with Crippen molar-refractivity contribution in [3.05, 3.63) is 17.0 Å². The molecule has 1 saturated heterocycles. The third-order valence-electron chi connectivity index (χ3n) is 2.42. The van der Waals surface area contributed by atoms with Crippen molar-refractivity contribution in [1.29, 1.82) is 0 Å². The summed E-state index contributed by atoms with van der Waals surface area (Å²) in [7, 11) is 0. The molecule has 94 valence electrons. The molecule has 8 heteroatoms. The highest BCUT2D eigenvalue weighted by Crippen LogP contribution is 2.30. The molecule has 1 fully saturated rings. The van der Waals surface area contributed by atoms with Gasteiger partial charge in [0.1, 0.15) is 11.0 Å². The summed E-state index contributed by atoms with van der Waals surface area (Å²) < 4.78 is 37.4. The molecule has 2 heterocycles. The molecule has 0 aromatic carbocycles. The number of alkyl halides is 3. The van der Waals surface area contributed by atoms with Crippen molar-refractivity contribution in [1.82, 2.24) is 9.97 Å². The number of hydrogen-bond acceptors (Lipinski definition) is 4. The molecule has 1 aromatic heterocycles. The van der Waals surface area contributed by atoms with Crippen LogP contribution in [0.4, 0.5) is 19.0 Å². The first-order valence-electron chi connectivity index (χ1n) is 4.91. The van der Waals surface area contributed by atoms with Crippen LogP contribution in [0.3, 0.4) is 0 Å². The van der Waals surface area contributed by atoms with Crippen molar-refractivity contribution in [3.63, 3.8) is 0 Å². The van der Waals surface area contributed by atoms with Crippen LogP contribution in [0.25, 0.3) is 0 Å². The molecule has 1 aromatic rings. The molecule has 0 unspecified atom stereocenters. The van der Waals surface area contributed by atoms with Gasteiger partial charge in [-0.25, -0.2) is 9.97 Å². The van der Waals surface area contributed by atoms with Gasteiger partial charge in [-0.1, -0.05) is 11.6 Å². The fourth-order valence-corrected chi connectivity index (χ4v) is 1.82. The van der Waals surface area contributed by atoms with Gasteiger partial charge in [0.2, 0.25) is 5.82 Å². The van der Waals surface area contributed by atoms with Crippen LogP contribution in [-0.4, -0.2) is 34.3 Å². The summed E-state index contributed by atoms with van der Waals surface area (Å²) in [6, 6.07) is 1.26. The number of rotatable bonds is 1. The van der Waals surface area contributed by atoms with Crippen molar-refractivity contribution in [2.75, 3.05) is 18.0 Å². The number of aliphatic hydroxyl groups excluding tert-OH is 1. The first-order valence-corrected chi connectivity index (χ1v) is 5.29. The molecule has 1 aliphatic heterocycles. The minimum Gasteiger partial charge on any atom is -0.391 e. The van der Waals surface area contributed by atoms with E-state index in [1.165, 1.54) is 6.07 Å². The summed E-state index contributed by atoms with van der Waals surface area (Å²) in [5, 5.41) is 9.06. The lowest BCUT2D eigenvalue weighted by atomic mass is 10.3. The van der Waals surface area contributed by atoms with Crippen LogP contribution in [0.2, 0.25) is 5.15 Å². The fourth-order valence-electron chi connectivity index (χ4n) is 1.64. The Bertz CT molecular complexity index is 426. The Hall–Kier alpha value is -1.08. The van der Waals surface area contributed by atoms with E-state index in [2.05, 4.69) is 9.97 Å². The van der Waals surface area contributed by atoms with Crippen LogP contribution < -0.4 is 4.90 Å². The number of anilines is 1. The molecule has 2 rings (SSSR count). The lowest BCUT2D eigenvalue weighted by Crippen LogP contribution is -2.24. The van der Waals surface area contributed by atoms with E-state index < -0.39 is 18.1 Å². The zero-order valence-corrected chi connectivity index (χ0v) is 9.33. The molecule has 1 N–H and O–H groups in total. The second-order valence-electron chi connectivity index (χ2n) is 3.76. The minimum atomic E-state index is -4.63. The second kappa shape index (κ2) is 4.30. The molecule has 0 aliphatic carbocycles. The smallest absolute Gasteiger partial charge is 0.391 e. The summed E-state index contributed by atoms with van der Waals surface area (Å²) in [6.07, 6.45) is -4.67. The van der Waals surface area contributed by atoms with Gasteiger partial charge in [0.25, 0.3) is 0 Å². The van der Waals surface area contributed by atoms with Gasteiger partial charge in [0, 0.05) is 19.2 Å². The van der Waals surface area contributed by atoms with Gasteiger partial charge in [-0.05, 0) is 6.42 Å². The molecule has 0 bridgehead atoms. The SMILES string of the molecule is O[C@H]1CCN(c2cc(Cl)nc(C(F)(F)F)n2)C1. The van der Waals surface area contributed by atoms with Crippen molar-refractivity contribution < 1.29 is 18.3 Å². The summed E-state index contributed by atoms with van der Waals surface area (Å²) in [4.78, 5) is 8.10. The van der Waals surface area contributed by atoms with Gasteiger partial charge in [-0.15, -0.1) is 0 Å². The van der Waals surface area contributed by atoms with Crippen LogP contribution in [0.5, 0.6) is 0 Å². The molecule has 0 radical (unpaired) electrons. The van der Waals surface area contributed by atoms with Crippen molar-refractivity contribution >= 4 is 17.4 Å². The lowest BCUT2D eigenvalue weighted by molar-refractivity contribution is -0.144. The maximum absolute atomic E-state index is 12.5. The van der Waals surface area contributed by atoms with E-state index in [0.29, 0.717) is 13.0 Å². The van der Waals surface area contributed by atoms with E-state index in [1.807, 2.05) is 0 Å². The van der Waals surface area contributed by atoms with Crippen molar-refractivity contribution in [2.24, 2.45) is 0 Å². The second-order valence-corrected chi connectivity index (χ2v) is 4.15. The van der Waals surface area contributed by atoms with Crippen LogP contribution in [0.15, 0.2) is 6.07 Å². The Kier molecular flexibility index (Phi) is 3.13. The third-order valence-corrected chi connectivity index (χ3v) is 2.62. The first-order chi connectivity index (χ1) is 7.86. The average molecular weight is 268 g/mol. The number of nitrogens with zero attached hydrogens (tertiary/aromatic N) is 3. The molecule has 17 heavy (non-hydrogen) atoms. The molecule has 0 spiro atoms. The summed E-state index contributed by atoms with van der Waals surface area (Å²) in [5.41, 5.74) is 0. The fraction of sp³-hybridized carbons (Fsp3) is 0.556. The predicted octanol–water partition coefficient (Wildman–Crippen LogP) is 1.72. The van der Waals surface area contributed by atoms with Crippen molar-refractivity contribution in [3.8, 4) is 0 Å². The van der Waals surface area contributed by atoms with Crippen LogP contribution in [0, 0.1) is 0 Å². The van der Waals surface area contributed by atoms with E-state index in [9.17, 15) is 18.3 Å². The van der Waals surface area contributed by atoms with Gasteiger partial charge in [0.15, 0.2) is 0 Å². The summed E-state index contributed by atoms with van der Waals surface area (Å²) in [5.74, 6) is -1.17. The monoisotopic (exact) mass is 267 g/mol. The Morgan fingerprint density at radius 2 is 2.12 bits per heavy atom. The van der Waals surface area contributed by atoms with E-state index in [1.54, 1.807) is 4.90 Å². The maximum Gasteiger partial charge on any atom is 0.451 e. The number of hydrogen-bond donors (Lipinski definition) is 1. The molecule has 4 nitrogen and oxygen atoms in total. The molecular weight excluding hydrogens is 259 g/mol. The van der Waals surface area contributed by atoms with Crippen molar-refractivity contribution in [2.45, 2.75) is 18.7 Å². The largest absolute Gasteiger partial charge is 0.451 e. The van der Waals surface area contributed by atoms with Gasteiger partial charge in [-0.3, -0.25) is 0 Å². The zero-order valence-electron chi connectivity index (χ0n) is 8.58. The third kappa shape index (κ3) is 2.78. The van der Waals surface area contributed by atoms with Gasteiger partial charge >= 0.3 is 6.18 Å². The molecular formula is C9H9ClF3N3O. The maximum atomic E-state index is 12.5. The number of halogens is 4. The average Bonchev–Trinajstić information content (AvgIpc) is 2.62. The standard InChI is InChI=1S/C9H9ClF3N3O/c10-6-3-7(16-2-1-5(17)4-16)15-8(14-6)9(11,12)13/h3,5,17H,1-2,4H2/t5-/m0/s1. The van der Waals surface area contributed by atoms with Crippen LogP contribution >= 0.6 is 11.6 Å². The highest BCUT2D eigenvalue weighted by atomic mass is 35.5. The van der Waals surface area contributed by atoms with E-state index in [-0.39, 0.29) is 17.5 Å². The molecule has 1 aliphatic rings. The van der Waals surface area contributed by atoms with E-state index in [0.717, 1.165) is 0 Å². The Labute approximate surface area is 100 Å². The normalized spacial score (nSPS) is 21.0. The first kappa shape index (κ1) is 12.4. The molecule has 1 atom stereocenters. The lowest BCUT2D eigenvalue weighted by Gasteiger charge is -2.17. The highest BCUT2D eigenvalue weighted by molar-refractivity contribution is 6.29. The Morgan fingerprint density at radius 1 is 1.41 bits per heavy atom. The minimum absolute atomic E-state index is 0.0916. The summed E-state index contributed by atoms with van der Waals surface area (Å²) in [6.45, 7) is 0.705. The Balaban J connectivity index is 2.32.